The molecule has 1 fully saturated rings. The zero-order valence-electron chi connectivity index (χ0n) is 33.3. The Balaban J connectivity index is 0.829. The largest absolute Gasteiger partial charge is 0.378 e. The Bertz CT molecular complexity index is 2770. The summed E-state index contributed by atoms with van der Waals surface area (Å²) in [5, 5.41) is 37.4. The van der Waals surface area contributed by atoms with Crippen LogP contribution in [0.3, 0.4) is 0 Å². The molecule has 1 saturated carbocycles. The Morgan fingerprint density at radius 3 is 1.85 bits per heavy atom. The second-order valence-electron chi connectivity index (χ2n) is 14.8. The minimum Gasteiger partial charge on any atom is -0.378 e. The average molecular weight is 815 g/mol. The fourth-order valence-corrected chi connectivity index (χ4v) is 7.12. The molecule has 306 valence electrons. The molecule has 0 saturated heterocycles. The van der Waals surface area contributed by atoms with Crippen LogP contribution in [0.25, 0.3) is 34.2 Å². The molecule has 0 spiro atoms. The Labute approximate surface area is 349 Å². The Morgan fingerprint density at radius 2 is 1.30 bits per heavy atom. The van der Waals surface area contributed by atoms with E-state index < -0.39 is 6.04 Å². The number of nitrogens with one attached hydrogen (secondary N) is 7. The van der Waals surface area contributed by atoms with Gasteiger partial charge in [0.2, 0.25) is 0 Å². The zero-order valence-corrected chi connectivity index (χ0v) is 33.3. The normalized spacial score (nSPS) is 13.3. The molecule has 7 N–H and O–H groups in total. The smallest absolute Gasteiger partial charge is 0.251 e. The van der Waals surface area contributed by atoms with Crippen LogP contribution in [0.4, 0.5) is 11.4 Å². The highest BCUT2D eigenvalue weighted by Crippen LogP contribution is 2.41. The molecule has 0 bridgehead atoms. The summed E-state index contributed by atoms with van der Waals surface area (Å²) in [4.78, 5) is 46.6. The summed E-state index contributed by atoms with van der Waals surface area (Å²) in [6.07, 6.45) is 12.3. The van der Waals surface area contributed by atoms with E-state index in [1.165, 1.54) is 0 Å². The molecule has 18 nitrogen and oxygen atoms in total. The van der Waals surface area contributed by atoms with E-state index in [-0.39, 0.29) is 23.8 Å². The van der Waals surface area contributed by atoms with Gasteiger partial charge in [0.05, 0.1) is 49.0 Å². The van der Waals surface area contributed by atoms with Gasteiger partial charge in [-0.25, -0.2) is 4.98 Å². The molecule has 1 aliphatic carbocycles. The van der Waals surface area contributed by atoms with Crippen molar-refractivity contribution in [3.8, 4) is 34.2 Å². The molecule has 6 aromatic heterocycles. The minimum absolute atomic E-state index is 0.198. The number of aromatic amines is 3. The van der Waals surface area contributed by atoms with Crippen molar-refractivity contribution in [3.05, 3.63) is 144 Å². The highest BCUT2D eigenvalue weighted by Gasteiger charge is 2.37. The second kappa shape index (κ2) is 17.1. The van der Waals surface area contributed by atoms with E-state index in [9.17, 15) is 9.59 Å². The summed E-state index contributed by atoms with van der Waals surface area (Å²) in [6, 6.07) is 21.4. The van der Waals surface area contributed by atoms with E-state index in [4.69, 9.17) is 4.98 Å². The van der Waals surface area contributed by atoms with Crippen molar-refractivity contribution in [2.24, 2.45) is 13.0 Å². The fraction of sp³-hybridized carbons (Fsp3) is 0.209. The first kappa shape index (κ1) is 38.5. The molecule has 2 atom stereocenters. The fourth-order valence-electron chi connectivity index (χ4n) is 7.12. The third-order valence-electron chi connectivity index (χ3n) is 10.6. The summed E-state index contributed by atoms with van der Waals surface area (Å²) in [7, 11) is 1.93. The zero-order chi connectivity index (χ0) is 41.7. The molecule has 6 heterocycles. The third kappa shape index (κ3) is 8.73. The molecule has 2 amide bonds. The number of rotatable bonds is 16. The molecule has 0 radical (unpaired) electrons. The van der Waals surface area contributed by atoms with E-state index in [1.807, 2.05) is 73.1 Å². The van der Waals surface area contributed by atoms with Gasteiger partial charge in [-0.05, 0) is 86.3 Å². The molecule has 61 heavy (non-hydrogen) atoms. The first-order valence-electron chi connectivity index (χ1n) is 19.8. The van der Waals surface area contributed by atoms with Crippen molar-refractivity contribution >= 4 is 23.2 Å². The number of carbonyl (C=O) groups excluding carboxylic acids is 2. The monoisotopic (exact) mass is 814 g/mol. The first-order valence-corrected chi connectivity index (χ1v) is 19.8. The number of benzene rings is 2. The Morgan fingerprint density at radius 1 is 0.738 bits per heavy atom. The molecule has 0 aliphatic heterocycles. The van der Waals surface area contributed by atoms with Crippen LogP contribution >= 0.6 is 0 Å². The summed E-state index contributed by atoms with van der Waals surface area (Å²) in [5.74, 6) is 3.18. The number of nitrogens with zero attached hydrogens (tertiary/aromatic N) is 9. The average Bonchev–Trinajstić information content (AvgIpc) is 3.66. The van der Waals surface area contributed by atoms with Gasteiger partial charge in [0, 0.05) is 71.0 Å². The molecular formula is C43H42N16O2. The molecule has 18 heteroatoms. The van der Waals surface area contributed by atoms with Crippen LogP contribution in [0, 0.1) is 5.92 Å². The molecule has 8 aromatic rings. The van der Waals surface area contributed by atoms with Gasteiger partial charge in [-0.1, -0.05) is 12.1 Å². The van der Waals surface area contributed by atoms with Crippen LogP contribution in [0.5, 0.6) is 0 Å². The lowest BCUT2D eigenvalue weighted by atomic mass is 10.1. The van der Waals surface area contributed by atoms with Gasteiger partial charge in [-0.2, -0.15) is 5.10 Å². The summed E-state index contributed by atoms with van der Waals surface area (Å²) in [6.45, 7) is 2.70. The molecule has 2 unspecified atom stereocenters. The molecular weight excluding hydrogens is 773 g/mol. The van der Waals surface area contributed by atoms with E-state index in [0.717, 1.165) is 58.1 Å². The standard InChI is InChI=1S/C43H42N16O2/c1-25(50-42(60)29-5-3-7-31(19-29)46-23-35-51-39(57-54-35)27-11-15-44-16-12-27)33-21-49-56-38(33)34-22-48-41(59(34)2)37(26-9-10-26)53-43(61)30-6-4-8-32(20-30)47-24-36-52-40(58-55-36)28-13-17-45-18-14-28/h3-8,11-22,25-26,37,46-47H,9-10,23-24H2,1-2H3,(H,49,56)(H,50,60)(H,53,61)(H,51,54,57)(H,52,55,58). The molecule has 9 rings (SSSR count). The van der Waals surface area contributed by atoms with Crippen LogP contribution in [-0.2, 0) is 20.1 Å². The van der Waals surface area contributed by atoms with Gasteiger partial charge >= 0.3 is 0 Å². The summed E-state index contributed by atoms with van der Waals surface area (Å²) in [5.41, 5.74) is 6.63. The maximum absolute atomic E-state index is 13.8. The van der Waals surface area contributed by atoms with Crippen molar-refractivity contribution in [1.82, 2.24) is 70.7 Å². The predicted molar refractivity (Wildman–Crippen MR) is 226 cm³/mol. The van der Waals surface area contributed by atoms with E-state index in [0.29, 0.717) is 47.5 Å². The lowest BCUT2D eigenvalue weighted by molar-refractivity contribution is 0.0924. The van der Waals surface area contributed by atoms with Gasteiger partial charge in [0.25, 0.3) is 11.8 Å². The lowest BCUT2D eigenvalue weighted by Gasteiger charge is -2.19. The van der Waals surface area contributed by atoms with Gasteiger partial charge in [0.1, 0.15) is 17.5 Å². The lowest BCUT2D eigenvalue weighted by Crippen LogP contribution is -2.31. The number of carbonyl (C=O) groups is 2. The summed E-state index contributed by atoms with van der Waals surface area (Å²) >= 11 is 0. The van der Waals surface area contributed by atoms with Gasteiger partial charge in [-0.3, -0.25) is 24.7 Å². The van der Waals surface area contributed by atoms with Crippen molar-refractivity contribution < 1.29 is 9.59 Å². The highest BCUT2D eigenvalue weighted by atomic mass is 16.2. The van der Waals surface area contributed by atoms with Crippen LogP contribution in [0.15, 0.2) is 110 Å². The minimum atomic E-state index is -0.399. The van der Waals surface area contributed by atoms with Crippen LogP contribution in [0.2, 0.25) is 0 Å². The highest BCUT2D eigenvalue weighted by molar-refractivity contribution is 5.96. The maximum atomic E-state index is 13.8. The second-order valence-corrected chi connectivity index (χ2v) is 14.8. The molecule has 1 aliphatic rings. The van der Waals surface area contributed by atoms with Crippen molar-refractivity contribution in [2.75, 3.05) is 10.6 Å². The van der Waals surface area contributed by atoms with Gasteiger partial charge in [-0.15, -0.1) is 20.4 Å². The number of hydrogen-bond donors (Lipinski definition) is 7. The SMILES string of the molecule is CC(NC(=O)c1cccc(NCc2nnc(-c3ccncc3)[nH]2)c1)c1cn[nH]c1-c1cnc(C(NC(=O)c2cccc(NCc3nnc(-c4ccncc4)[nH]3)c2)C2CC2)n1C. The number of aromatic nitrogens is 12. The van der Waals surface area contributed by atoms with E-state index in [1.54, 1.807) is 55.4 Å². The number of H-pyrrole nitrogens is 3. The predicted octanol–water partition coefficient (Wildman–Crippen LogP) is 5.77. The van der Waals surface area contributed by atoms with E-state index >= 15 is 0 Å². The first-order chi connectivity index (χ1) is 29.9. The Hall–Kier alpha value is -8.02. The molecule has 2 aromatic carbocycles. The topological polar surface area (TPSA) is 238 Å². The number of anilines is 2. The van der Waals surface area contributed by atoms with Crippen LogP contribution < -0.4 is 21.3 Å². The Kier molecular flexibility index (Phi) is 10.8. The van der Waals surface area contributed by atoms with Crippen molar-refractivity contribution in [1.29, 1.82) is 0 Å². The van der Waals surface area contributed by atoms with E-state index in [2.05, 4.69) is 71.8 Å². The number of amides is 2. The number of imidazole rings is 1. The third-order valence-corrected chi connectivity index (χ3v) is 10.6. The van der Waals surface area contributed by atoms with Gasteiger partial charge < -0.3 is 35.8 Å². The quantitative estimate of drug-likeness (QED) is 0.0616. The number of hydrogen-bond acceptors (Lipinski definition) is 12. The number of pyridine rings is 2. The van der Waals surface area contributed by atoms with Crippen LogP contribution in [0.1, 0.15) is 75.6 Å². The maximum Gasteiger partial charge on any atom is 0.251 e. The van der Waals surface area contributed by atoms with Gasteiger partial charge in [0.15, 0.2) is 11.6 Å². The van der Waals surface area contributed by atoms with Crippen molar-refractivity contribution in [2.45, 2.75) is 44.9 Å². The summed E-state index contributed by atoms with van der Waals surface area (Å²) < 4.78 is 1.98. The van der Waals surface area contributed by atoms with Crippen LogP contribution in [-0.4, -0.2) is 71.9 Å². The van der Waals surface area contributed by atoms with Crippen molar-refractivity contribution in [3.63, 3.8) is 0 Å².